The van der Waals surface area contributed by atoms with E-state index in [-0.39, 0.29) is 10.9 Å². The molecule has 4 heteroatoms. The van der Waals surface area contributed by atoms with Crippen molar-refractivity contribution < 1.29 is 0 Å². The van der Waals surface area contributed by atoms with Gasteiger partial charge in [-0.05, 0) is 25.5 Å². The zero-order valence-electron chi connectivity index (χ0n) is 9.98. The Hall–Kier alpha value is -1.35. The van der Waals surface area contributed by atoms with Gasteiger partial charge in [-0.3, -0.25) is 9.36 Å². The number of hydrogen-bond donors (Lipinski definition) is 0. The Bertz CT molecular complexity index is 591. The number of hydrogen-bond acceptors (Lipinski definition) is 2. The van der Waals surface area contributed by atoms with Gasteiger partial charge in [0, 0.05) is 6.54 Å². The molecular weight excluding hydrogens is 236 g/mol. The minimum Gasteiger partial charge on any atom is -0.295 e. The fourth-order valence-corrected chi connectivity index (χ4v) is 2.08. The zero-order chi connectivity index (χ0) is 12.4. The van der Waals surface area contributed by atoms with Crippen LogP contribution in [0.5, 0.6) is 0 Å². The third-order valence-electron chi connectivity index (χ3n) is 2.85. The molecule has 0 N–H and O–H groups in total. The second kappa shape index (κ2) is 4.88. The highest BCUT2D eigenvalue weighted by atomic mass is 35.5. The summed E-state index contributed by atoms with van der Waals surface area (Å²) >= 11 is 6.22. The fourth-order valence-electron chi connectivity index (χ4n) is 1.91. The Labute approximate surface area is 105 Å². The van der Waals surface area contributed by atoms with Crippen molar-refractivity contribution in [3.8, 4) is 0 Å². The molecule has 0 amide bonds. The quantitative estimate of drug-likeness (QED) is 0.785. The first-order chi connectivity index (χ1) is 8.19. The summed E-state index contributed by atoms with van der Waals surface area (Å²) in [6.07, 6.45) is 0.756. The smallest absolute Gasteiger partial charge is 0.261 e. The average molecular weight is 251 g/mol. The Kier molecular flexibility index (Phi) is 3.48. The maximum Gasteiger partial charge on any atom is 0.261 e. The largest absolute Gasteiger partial charge is 0.295 e. The lowest BCUT2D eigenvalue weighted by Gasteiger charge is -2.14. The van der Waals surface area contributed by atoms with Gasteiger partial charge in [-0.25, -0.2) is 4.98 Å². The summed E-state index contributed by atoms with van der Waals surface area (Å²) in [6, 6.07) is 7.38. The van der Waals surface area contributed by atoms with Gasteiger partial charge in [-0.1, -0.05) is 19.1 Å². The summed E-state index contributed by atoms with van der Waals surface area (Å²) in [6.45, 7) is 4.51. The summed E-state index contributed by atoms with van der Waals surface area (Å²) in [4.78, 5) is 16.8. The van der Waals surface area contributed by atoms with Gasteiger partial charge in [0.2, 0.25) is 0 Å². The molecule has 1 aromatic heterocycles. The molecule has 0 aliphatic heterocycles. The highest BCUT2D eigenvalue weighted by Crippen LogP contribution is 2.22. The van der Waals surface area contributed by atoms with E-state index >= 15 is 0 Å². The van der Waals surface area contributed by atoms with E-state index in [1.807, 2.05) is 32.0 Å². The van der Waals surface area contributed by atoms with Crippen molar-refractivity contribution in [2.24, 2.45) is 0 Å². The van der Waals surface area contributed by atoms with Crippen LogP contribution in [0.25, 0.3) is 10.9 Å². The summed E-state index contributed by atoms with van der Waals surface area (Å²) in [7, 11) is 0. The van der Waals surface area contributed by atoms with Crippen LogP contribution in [0.4, 0.5) is 0 Å². The molecule has 0 saturated carbocycles. The molecule has 0 aliphatic carbocycles. The van der Waals surface area contributed by atoms with Crippen LogP contribution in [-0.2, 0) is 6.54 Å². The molecule has 0 radical (unpaired) electrons. The van der Waals surface area contributed by atoms with Crippen LogP contribution in [-0.4, -0.2) is 9.55 Å². The van der Waals surface area contributed by atoms with Gasteiger partial charge in [0.15, 0.2) is 0 Å². The number of rotatable bonds is 3. The molecule has 0 saturated heterocycles. The van der Waals surface area contributed by atoms with Crippen molar-refractivity contribution in [1.29, 1.82) is 0 Å². The highest BCUT2D eigenvalue weighted by Gasteiger charge is 2.15. The average Bonchev–Trinajstić information content (AvgIpc) is 2.37. The molecule has 0 bridgehead atoms. The van der Waals surface area contributed by atoms with E-state index in [2.05, 4.69) is 4.98 Å². The van der Waals surface area contributed by atoms with Crippen molar-refractivity contribution in [3.05, 3.63) is 40.4 Å². The molecule has 2 rings (SSSR count). The van der Waals surface area contributed by atoms with Gasteiger partial charge in [0.1, 0.15) is 5.82 Å². The molecule has 0 aliphatic rings. The van der Waals surface area contributed by atoms with Gasteiger partial charge in [-0.15, -0.1) is 11.6 Å². The van der Waals surface area contributed by atoms with Crippen LogP contribution in [0.2, 0.25) is 0 Å². The summed E-state index contributed by atoms with van der Waals surface area (Å²) in [5, 5.41) is 0.435. The van der Waals surface area contributed by atoms with Crippen LogP contribution >= 0.6 is 11.6 Å². The van der Waals surface area contributed by atoms with Gasteiger partial charge in [0.25, 0.3) is 5.56 Å². The van der Waals surface area contributed by atoms with E-state index in [4.69, 9.17) is 11.6 Å². The van der Waals surface area contributed by atoms with E-state index in [9.17, 15) is 4.79 Å². The molecule has 1 unspecified atom stereocenters. The minimum atomic E-state index is -0.216. The second-order valence-electron chi connectivity index (χ2n) is 3.91. The van der Waals surface area contributed by atoms with Crippen LogP contribution in [0.15, 0.2) is 29.1 Å². The van der Waals surface area contributed by atoms with Crippen LogP contribution in [0.3, 0.4) is 0 Å². The molecule has 1 heterocycles. The monoisotopic (exact) mass is 250 g/mol. The van der Waals surface area contributed by atoms with E-state index < -0.39 is 0 Å². The van der Waals surface area contributed by atoms with Gasteiger partial charge < -0.3 is 0 Å². The molecule has 2 aromatic rings. The van der Waals surface area contributed by atoms with Crippen molar-refractivity contribution in [3.63, 3.8) is 0 Å². The Morgan fingerprint density at radius 3 is 2.71 bits per heavy atom. The Morgan fingerprint density at radius 2 is 2.06 bits per heavy atom. The summed E-state index contributed by atoms with van der Waals surface area (Å²) < 4.78 is 1.66. The number of aromatic nitrogens is 2. The van der Waals surface area contributed by atoms with E-state index in [0.29, 0.717) is 17.8 Å². The maximum atomic E-state index is 12.3. The van der Waals surface area contributed by atoms with Gasteiger partial charge in [0.05, 0.1) is 16.3 Å². The molecular formula is C13H15ClN2O. The first-order valence-corrected chi connectivity index (χ1v) is 6.26. The molecule has 17 heavy (non-hydrogen) atoms. The molecule has 3 nitrogen and oxygen atoms in total. The summed E-state index contributed by atoms with van der Waals surface area (Å²) in [5.74, 6) is 0.667. The van der Waals surface area contributed by atoms with Crippen LogP contribution in [0.1, 0.15) is 31.5 Å². The SMILES string of the molecule is CCC(Cl)c1nc2ccccc2c(=O)n1CC. The van der Waals surface area contributed by atoms with Gasteiger partial charge >= 0.3 is 0 Å². The topological polar surface area (TPSA) is 34.9 Å². The number of nitrogens with zero attached hydrogens (tertiary/aromatic N) is 2. The van der Waals surface area contributed by atoms with Crippen LogP contribution < -0.4 is 5.56 Å². The minimum absolute atomic E-state index is 0.00722. The molecule has 90 valence electrons. The Morgan fingerprint density at radius 1 is 1.35 bits per heavy atom. The van der Waals surface area contributed by atoms with E-state index in [1.54, 1.807) is 10.6 Å². The predicted octanol–water partition coefficient (Wildman–Crippen LogP) is 3.11. The predicted molar refractivity (Wildman–Crippen MR) is 70.6 cm³/mol. The van der Waals surface area contributed by atoms with Crippen molar-refractivity contribution >= 4 is 22.5 Å². The Balaban J connectivity index is 2.80. The highest BCUT2D eigenvalue weighted by molar-refractivity contribution is 6.20. The normalized spacial score (nSPS) is 12.9. The molecule has 0 spiro atoms. The molecule has 1 aromatic carbocycles. The van der Waals surface area contributed by atoms with E-state index in [0.717, 1.165) is 11.9 Å². The lowest BCUT2D eigenvalue weighted by atomic mass is 10.2. The lowest BCUT2D eigenvalue weighted by molar-refractivity contribution is 0.635. The second-order valence-corrected chi connectivity index (χ2v) is 4.44. The number of alkyl halides is 1. The third kappa shape index (κ3) is 2.07. The zero-order valence-corrected chi connectivity index (χ0v) is 10.7. The van der Waals surface area contributed by atoms with Crippen molar-refractivity contribution in [2.45, 2.75) is 32.2 Å². The first-order valence-electron chi connectivity index (χ1n) is 5.82. The lowest BCUT2D eigenvalue weighted by Crippen LogP contribution is -2.25. The van der Waals surface area contributed by atoms with Crippen molar-refractivity contribution in [2.75, 3.05) is 0 Å². The first kappa shape index (κ1) is 12.1. The van der Waals surface area contributed by atoms with Gasteiger partial charge in [-0.2, -0.15) is 0 Å². The molecule has 1 atom stereocenters. The summed E-state index contributed by atoms with van der Waals surface area (Å²) in [5.41, 5.74) is 0.712. The van der Waals surface area contributed by atoms with Crippen LogP contribution in [0, 0.1) is 0 Å². The standard InChI is InChI=1S/C13H15ClN2O/c1-3-10(14)12-15-11-8-6-5-7-9(11)13(17)16(12)4-2/h5-8,10H,3-4H2,1-2H3. The molecule has 0 fully saturated rings. The third-order valence-corrected chi connectivity index (χ3v) is 3.35. The number of halogens is 1. The fraction of sp³-hybridized carbons (Fsp3) is 0.385. The maximum absolute atomic E-state index is 12.3. The number of benzene rings is 1. The van der Waals surface area contributed by atoms with E-state index in [1.165, 1.54) is 0 Å². The number of fused-ring (bicyclic) bond motifs is 1. The number of para-hydroxylation sites is 1. The van der Waals surface area contributed by atoms with Crippen molar-refractivity contribution in [1.82, 2.24) is 9.55 Å².